The lowest BCUT2D eigenvalue weighted by Gasteiger charge is -2.34. The zero-order chi connectivity index (χ0) is 65.7. The first-order chi connectivity index (χ1) is 41.2. The maximum Gasteiger partial charge on any atom is 0.243 e. The highest BCUT2D eigenvalue weighted by Gasteiger charge is 2.32. The summed E-state index contributed by atoms with van der Waals surface area (Å²) in [5.41, 5.74) is 4.79. The fourth-order valence-corrected chi connectivity index (χ4v) is 10.0. The van der Waals surface area contributed by atoms with E-state index < -0.39 is 29.6 Å². The number of nitrogens with one attached hydrogen (secondary N) is 10. The molecule has 20 heteroatoms. The highest BCUT2D eigenvalue weighted by molar-refractivity contribution is 5.92. The lowest BCUT2D eigenvalue weighted by atomic mass is 9.85. The van der Waals surface area contributed by atoms with Crippen molar-refractivity contribution in [2.24, 2.45) is 40.7 Å². The predicted molar refractivity (Wildman–Crippen MR) is 355 cm³/mol. The van der Waals surface area contributed by atoms with Crippen LogP contribution < -0.4 is 58.9 Å². The van der Waals surface area contributed by atoms with Crippen LogP contribution >= 0.6 is 0 Å². The number of hydrogen-bond acceptors (Lipinski definition) is 13. The molecule has 0 aromatic carbocycles. The molecule has 0 aromatic heterocycles. The van der Waals surface area contributed by atoms with Crippen molar-refractivity contribution in [3.8, 4) is 0 Å². The van der Waals surface area contributed by atoms with Gasteiger partial charge < -0.3 is 68.4 Å². The second-order valence-corrected chi connectivity index (χ2v) is 26.8. The van der Waals surface area contributed by atoms with Crippen LogP contribution in [0.3, 0.4) is 0 Å². The van der Waals surface area contributed by atoms with Gasteiger partial charge in [0.05, 0.1) is 24.4 Å². The summed E-state index contributed by atoms with van der Waals surface area (Å²) in [6.07, 6.45) is 17.2. The van der Waals surface area contributed by atoms with Gasteiger partial charge in [0.2, 0.25) is 41.4 Å². The highest BCUT2D eigenvalue weighted by atomic mass is 16.5. The molecule has 87 heavy (non-hydrogen) atoms. The average Bonchev–Trinajstić information content (AvgIpc) is 3.65. The molecule has 0 saturated heterocycles. The van der Waals surface area contributed by atoms with E-state index >= 15 is 0 Å². The third kappa shape index (κ3) is 41.1. The highest BCUT2D eigenvalue weighted by Crippen LogP contribution is 2.29. The maximum atomic E-state index is 14.6. The molecule has 0 spiro atoms. The lowest BCUT2D eigenvalue weighted by molar-refractivity contribution is -0.133. The van der Waals surface area contributed by atoms with Gasteiger partial charge >= 0.3 is 0 Å². The van der Waals surface area contributed by atoms with Crippen LogP contribution in [0, 0.1) is 35.0 Å². The van der Waals surface area contributed by atoms with E-state index in [2.05, 4.69) is 87.8 Å². The Bertz CT molecular complexity index is 1870. The van der Waals surface area contributed by atoms with Crippen LogP contribution in [0.15, 0.2) is 0 Å². The van der Waals surface area contributed by atoms with E-state index in [0.29, 0.717) is 103 Å². The first kappa shape index (κ1) is 83.1. The molecule has 0 heterocycles. The first-order valence-electron chi connectivity index (χ1n) is 34.2. The van der Waals surface area contributed by atoms with Crippen molar-refractivity contribution in [2.45, 2.75) is 267 Å². The molecule has 0 rings (SSSR count). The maximum absolute atomic E-state index is 14.6. The van der Waals surface area contributed by atoms with Gasteiger partial charge in [0, 0.05) is 49.9 Å². The van der Waals surface area contributed by atoms with E-state index in [4.69, 9.17) is 15.2 Å². The third-order valence-electron chi connectivity index (χ3n) is 17.5. The zero-order valence-electron chi connectivity index (χ0n) is 57.9. The minimum Gasteiger partial charge on any atom is -0.375 e. The Morgan fingerprint density at radius 2 is 0.759 bits per heavy atom. The lowest BCUT2D eigenvalue weighted by Crippen LogP contribution is -2.55. The molecule has 0 aliphatic carbocycles. The molecule has 20 nitrogen and oxygen atoms in total. The molecule has 0 fully saturated rings. The van der Waals surface area contributed by atoms with E-state index in [1.165, 1.54) is 0 Å². The minimum absolute atomic E-state index is 0.00222. The van der Waals surface area contributed by atoms with Crippen molar-refractivity contribution in [2.75, 3.05) is 86.7 Å². The summed E-state index contributed by atoms with van der Waals surface area (Å²) in [5, 5.41) is 30.8. The molecule has 0 aliphatic rings. The van der Waals surface area contributed by atoms with E-state index in [0.717, 1.165) is 96.7 Å². The van der Waals surface area contributed by atoms with Crippen LogP contribution in [0.4, 0.5) is 0 Å². The number of rotatable bonds is 56. The van der Waals surface area contributed by atoms with Crippen molar-refractivity contribution in [3.63, 3.8) is 0 Å². The topological polar surface area (TPSA) is 284 Å². The number of nitrogens with two attached hydrogens (primary N) is 1. The molecule has 7 unspecified atom stereocenters. The summed E-state index contributed by atoms with van der Waals surface area (Å²) in [5.74, 6) is -2.50. The number of unbranched alkanes of at least 4 members (excludes halogenated alkanes) is 6. The Kier molecular flexibility index (Phi) is 46.6. The molecule has 0 saturated carbocycles. The summed E-state index contributed by atoms with van der Waals surface area (Å²) in [6, 6.07) is -2.69. The second-order valence-electron chi connectivity index (χ2n) is 26.8. The normalized spacial score (nSPS) is 14.8. The van der Waals surface area contributed by atoms with Crippen LogP contribution in [-0.4, -0.2) is 157 Å². The fourth-order valence-electron chi connectivity index (χ4n) is 10.0. The summed E-state index contributed by atoms with van der Waals surface area (Å²) >= 11 is 0. The SMILES string of the molecule is CCC(C)(CC)COC(C)(C)CCOC(C)(C)CCNC(=O)C(CCCCNC(=O)C(CCCCNC(=O)C(C)CCCCN)NC(=O)C(C)CCCCNC)NC(=O)C(C[C@@H](C)CCNC(=O)C(C)CCCCNC)NC(=O)C(C)CCCCNC. The molecule has 0 bridgehead atoms. The quantitative estimate of drug-likeness (QED) is 0.0261. The number of amides is 7. The van der Waals surface area contributed by atoms with Gasteiger partial charge in [-0.3, -0.25) is 33.6 Å². The predicted octanol–water partition coefficient (Wildman–Crippen LogP) is 7.70. The number of carbonyl (C=O) groups is 7. The molecule has 7 amide bonds. The number of ether oxygens (including phenoxy) is 2. The van der Waals surface area contributed by atoms with Crippen LogP contribution in [0.5, 0.6) is 0 Å². The number of hydrogen-bond donors (Lipinski definition) is 11. The Labute approximate surface area is 529 Å². The monoisotopic (exact) mass is 1240 g/mol. The van der Waals surface area contributed by atoms with E-state index in [9.17, 15) is 33.6 Å². The average molecular weight is 1240 g/mol. The van der Waals surface area contributed by atoms with E-state index in [1.807, 2.05) is 69.6 Å². The van der Waals surface area contributed by atoms with Crippen LogP contribution in [0.25, 0.3) is 0 Å². The van der Waals surface area contributed by atoms with Gasteiger partial charge in [-0.1, -0.05) is 81.1 Å². The molecule has 510 valence electrons. The Balaban J connectivity index is 6.45. The van der Waals surface area contributed by atoms with E-state index in [1.54, 1.807) is 0 Å². The Morgan fingerprint density at radius 3 is 1.21 bits per heavy atom. The van der Waals surface area contributed by atoms with Gasteiger partial charge in [-0.15, -0.1) is 0 Å². The molecular weight excluding hydrogens is 1100 g/mol. The van der Waals surface area contributed by atoms with Gasteiger partial charge in [-0.25, -0.2) is 0 Å². The molecule has 0 aromatic rings. The smallest absolute Gasteiger partial charge is 0.243 e. The van der Waals surface area contributed by atoms with Gasteiger partial charge in [-0.05, 0) is 215 Å². The standard InChI is InChI=1S/C67H133N11O9/c1-16-67(12,17-2)49-87-66(10,11)38-47-86-65(8,9)37-46-75-63(84)56(77-64(85)57(78-61(82)54(7)33-21-27-42-71-15)48-50(3)36-45-74-59(80)52(5)31-19-25-40-69-13)35-23-29-44-73-62(83)55(76-60(81)53(6)32-20-26-41-70-14)34-22-28-43-72-58(79)51(4)30-18-24-39-68/h50-57,69-71H,16-49,68H2,1-15H3,(H,72,79)(H,73,83)(H,74,80)(H,75,84)(H,76,81)(H,77,85)(H,78,82)/t50-,51?,52?,53?,54?,55?,56?,57?/m0/s1. The minimum atomic E-state index is -0.967. The van der Waals surface area contributed by atoms with Crippen LogP contribution in [0.2, 0.25) is 0 Å². The Morgan fingerprint density at radius 1 is 0.391 bits per heavy atom. The molecule has 0 radical (unpaired) electrons. The first-order valence-corrected chi connectivity index (χ1v) is 34.2. The third-order valence-corrected chi connectivity index (χ3v) is 17.5. The Hall–Kier alpha value is -3.95. The fraction of sp³-hybridized carbons (Fsp3) is 0.896. The summed E-state index contributed by atoms with van der Waals surface area (Å²) in [7, 11) is 5.72. The summed E-state index contributed by atoms with van der Waals surface area (Å²) in [4.78, 5) is 95.9. The van der Waals surface area contributed by atoms with Gasteiger partial charge in [-0.2, -0.15) is 0 Å². The molecule has 12 N–H and O–H groups in total. The van der Waals surface area contributed by atoms with Crippen LogP contribution in [0.1, 0.15) is 237 Å². The molecule has 0 aliphatic heterocycles. The molecule has 8 atom stereocenters. The summed E-state index contributed by atoms with van der Waals surface area (Å²) in [6.45, 7) is 30.2. The van der Waals surface area contributed by atoms with Gasteiger partial charge in [0.15, 0.2) is 0 Å². The van der Waals surface area contributed by atoms with Crippen molar-refractivity contribution in [1.29, 1.82) is 0 Å². The zero-order valence-corrected chi connectivity index (χ0v) is 57.9. The van der Waals surface area contributed by atoms with E-state index in [-0.39, 0.29) is 95.6 Å². The van der Waals surface area contributed by atoms with Crippen molar-refractivity contribution in [3.05, 3.63) is 0 Å². The largest absolute Gasteiger partial charge is 0.375 e. The van der Waals surface area contributed by atoms with Crippen molar-refractivity contribution < 1.29 is 43.0 Å². The number of carbonyl (C=O) groups excluding carboxylic acids is 7. The van der Waals surface area contributed by atoms with Gasteiger partial charge in [0.1, 0.15) is 18.1 Å². The van der Waals surface area contributed by atoms with Crippen molar-refractivity contribution >= 4 is 41.4 Å². The van der Waals surface area contributed by atoms with Gasteiger partial charge in [0.25, 0.3) is 0 Å². The second kappa shape index (κ2) is 48.8. The summed E-state index contributed by atoms with van der Waals surface area (Å²) < 4.78 is 12.8. The van der Waals surface area contributed by atoms with Crippen LogP contribution in [-0.2, 0) is 43.0 Å². The molecular formula is C67H133N11O9. The van der Waals surface area contributed by atoms with Crippen molar-refractivity contribution in [1.82, 2.24) is 53.2 Å².